The van der Waals surface area contributed by atoms with Gasteiger partial charge in [0.05, 0.1) is 11.6 Å². The number of nitrogens with one attached hydrogen (secondary N) is 3. The van der Waals surface area contributed by atoms with Crippen LogP contribution < -0.4 is 15.4 Å². The monoisotopic (exact) mass is 297 g/mol. The van der Waals surface area contributed by atoms with Crippen LogP contribution in [0.5, 0.6) is 0 Å². The van der Waals surface area contributed by atoms with E-state index in [0.717, 1.165) is 19.4 Å². The van der Waals surface area contributed by atoms with Gasteiger partial charge >= 0.3 is 0 Å². The van der Waals surface area contributed by atoms with Gasteiger partial charge in [-0.2, -0.15) is 0 Å². The maximum atomic E-state index is 12.2. The molecule has 0 saturated carbocycles. The standard InChI is InChI=1S/C13H19N3O3S/c1-14-20(18,19)12-7-3-2-6-11(12)16-13(17)10-5-4-8-15-9-10/h2-3,6-7,10,14-15H,4-5,8-9H2,1H3,(H,16,17). The van der Waals surface area contributed by atoms with Crippen molar-refractivity contribution in [3.63, 3.8) is 0 Å². The van der Waals surface area contributed by atoms with E-state index in [-0.39, 0.29) is 16.7 Å². The van der Waals surface area contributed by atoms with Crippen molar-refractivity contribution in [1.82, 2.24) is 10.0 Å². The SMILES string of the molecule is CNS(=O)(=O)c1ccccc1NC(=O)C1CCCNC1. The van der Waals surface area contributed by atoms with Crippen molar-refractivity contribution < 1.29 is 13.2 Å². The number of hydrogen-bond acceptors (Lipinski definition) is 4. The fourth-order valence-electron chi connectivity index (χ4n) is 2.22. The van der Waals surface area contributed by atoms with E-state index in [2.05, 4.69) is 15.4 Å². The van der Waals surface area contributed by atoms with Gasteiger partial charge in [-0.25, -0.2) is 13.1 Å². The van der Waals surface area contributed by atoms with E-state index in [1.807, 2.05) is 0 Å². The molecule has 1 aliphatic heterocycles. The minimum Gasteiger partial charge on any atom is -0.325 e. The van der Waals surface area contributed by atoms with Crippen molar-refractivity contribution in [2.75, 3.05) is 25.5 Å². The second-order valence-electron chi connectivity index (χ2n) is 4.74. The summed E-state index contributed by atoms with van der Waals surface area (Å²) in [6.07, 6.45) is 1.77. The van der Waals surface area contributed by atoms with Crippen LogP contribution in [0.3, 0.4) is 0 Å². The Labute approximate surface area is 119 Å². The van der Waals surface area contributed by atoms with Crippen LogP contribution in [0.1, 0.15) is 12.8 Å². The first-order chi connectivity index (χ1) is 9.54. The van der Waals surface area contributed by atoms with Gasteiger partial charge in [0.1, 0.15) is 4.90 Å². The van der Waals surface area contributed by atoms with Crippen LogP contribution in [0.25, 0.3) is 0 Å². The van der Waals surface area contributed by atoms with Crippen molar-refractivity contribution in [3.05, 3.63) is 24.3 Å². The lowest BCUT2D eigenvalue weighted by molar-refractivity contribution is -0.120. The van der Waals surface area contributed by atoms with Gasteiger partial charge in [0.25, 0.3) is 0 Å². The van der Waals surface area contributed by atoms with Crippen molar-refractivity contribution >= 4 is 21.6 Å². The van der Waals surface area contributed by atoms with Crippen LogP contribution in [0.4, 0.5) is 5.69 Å². The molecule has 1 saturated heterocycles. The van der Waals surface area contributed by atoms with Gasteiger partial charge in [-0.1, -0.05) is 12.1 Å². The number of para-hydroxylation sites is 1. The molecule has 1 aromatic carbocycles. The smallest absolute Gasteiger partial charge is 0.242 e. The van der Waals surface area contributed by atoms with E-state index in [0.29, 0.717) is 12.2 Å². The molecule has 6 nitrogen and oxygen atoms in total. The second-order valence-corrected chi connectivity index (χ2v) is 6.59. The molecule has 1 amide bonds. The fraction of sp³-hybridized carbons (Fsp3) is 0.462. The number of carbonyl (C=O) groups is 1. The van der Waals surface area contributed by atoms with Gasteiger partial charge in [-0.15, -0.1) is 0 Å². The number of hydrogen-bond donors (Lipinski definition) is 3. The Bertz CT molecular complexity index is 580. The number of sulfonamides is 1. The molecule has 0 aromatic heterocycles. The van der Waals surface area contributed by atoms with Crippen LogP contribution in [-0.4, -0.2) is 34.5 Å². The lowest BCUT2D eigenvalue weighted by atomic mass is 9.99. The third-order valence-corrected chi connectivity index (χ3v) is 4.84. The quantitative estimate of drug-likeness (QED) is 0.756. The Kier molecular flexibility index (Phi) is 4.74. The zero-order valence-corrected chi connectivity index (χ0v) is 12.2. The molecular weight excluding hydrogens is 278 g/mol. The second kappa shape index (κ2) is 6.34. The summed E-state index contributed by atoms with van der Waals surface area (Å²) in [6, 6.07) is 6.39. The van der Waals surface area contributed by atoms with E-state index in [4.69, 9.17) is 0 Å². The Balaban J connectivity index is 2.19. The zero-order valence-electron chi connectivity index (χ0n) is 11.3. The topological polar surface area (TPSA) is 87.3 Å². The molecule has 1 atom stereocenters. The molecule has 7 heteroatoms. The molecule has 1 heterocycles. The summed E-state index contributed by atoms with van der Waals surface area (Å²) in [5.41, 5.74) is 0.317. The summed E-state index contributed by atoms with van der Waals surface area (Å²) in [4.78, 5) is 12.3. The summed E-state index contributed by atoms with van der Waals surface area (Å²) < 4.78 is 26.1. The molecule has 0 radical (unpaired) electrons. The number of anilines is 1. The lowest BCUT2D eigenvalue weighted by Crippen LogP contribution is -2.37. The van der Waals surface area contributed by atoms with E-state index in [1.54, 1.807) is 18.2 Å². The van der Waals surface area contributed by atoms with Gasteiger partial charge in [0, 0.05) is 6.54 Å². The number of benzene rings is 1. The van der Waals surface area contributed by atoms with E-state index in [9.17, 15) is 13.2 Å². The van der Waals surface area contributed by atoms with Crippen molar-refractivity contribution in [1.29, 1.82) is 0 Å². The maximum absolute atomic E-state index is 12.2. The van der Waals surface area contributed by atoms with Gasteiger partial charge in [0.2, 0.25) is 15.9 Å². The highest BCUT2D eigenvalue weighted by atomic mass is 32.2. The Morgan fingerprint density at radius 1 is 1.35 bits per heavy atom. The molecule has 1 unspecified atom stereocenters. The molecule has 20 heavy (non-hydrogen) atoms. The first kappa shape index (κ1) is 15.0. The van der Waals surface area contributed by atoms with Crippen molar-refractivity contribution in [2.24, 2.45) is 5.92 Å². The largest absolute Gasteiger partial charge is 0.325 e. The first-order valence-corrected chi connectivity index (χ1v) is 8.07. The number of piperidine rings is 1. The highest BCUT2D eigenvalue weighted by molar-refractivity contribution is 7.89. The predicted octanol–water partition coefficient (Wildman–Crippen LogP) is 0.533. The molecule has 1 fully saturated rings. The van der Waals surface area contributed by atoms with Crippen molar-refractivity contribution in [3.8, 4) is 0 Å². The summed E-state index contributed by atoms with van der Waals surface area (Å²) in [5.74, 6) is -0.259. The van der Waals surface area contributed by atoms with Crippen LogP contribution in [0, 0.1) is 5.92 Å². The molecule has 110 valence electrons. The summed E-state index contributed by atoms with van der Waals surface area (Å²) >= 11 is 0. The average molecular weight is 297 g/mol. The maximum Gasteiger partial charge on any atom is 0.242 e. The molecule has 1 aliphatic rings. The Hall–Kier alpha value is -1.44. The predicted molar refractivity (Wildman–Crippen MR) is 76.9 cm³/mol. The Morgan fingerprint density at radius 2 is 2.10 bits per heavy atom. The van der Waals surface area contributed by atoms with E-state index in [1.165, 1.54) is 13.1 Å². The normalized spacial score (nSPS) is 19.6. The molecule has 3 N–H and O–H groups in total. The van der Waals surface area contributed by atoms with Gasteiger partial charge < -0.3 is 10.6 Å². The van der Waals surface area contributed by atoms with Gasteiger partial charge in [-0.05, 0) is 38.6 Å². The lowest BCUT2D eigenvalue weighted by Gasteiger charge is -2.22. The van der Waals surface area contributed by atoms with Crippen LogP contribution >= 0.6 is 0 Å². The van der Waals surface area contributed by atoms with Crippen LogP contribution in [-0.2, 0) is 14.8 Å². The number of rotatable bonds is 4. The molecule has 0 bridgehead atoms. The zero-order chi connectivity index (χ0) is 14.6. The molecular formula is C13H19N3O3S. The minimum absolute atomic E-state index is 0.0830. The molecule has 1 aromatic rings. The van der Waals surface area contributed by atoms with Crippen LogP contribution in [0.2, 0.25) is 0 Å². The first-order valence-electron chi connectivity index (χ1n) is 6.59. The molecule has 2 rings (SSSR count). The average Bonchev–Trinajstić information content (AvgIpc) is 2.48. The van der Waals surface area contributed by atoms with Crippen molar-refractivity contribution in [2.45, 2.75) is 17.7 Å². The van der Waals surface area contributed by atoms with E-state index >= 15 is 0 Å². The number of carbonyl (C=O) groups excluding carboxylic acids is 1. The summed E-state index contributed by atoms with van der Waals surface area (Å²) in [6.45, 7) is 1.56. The third-order valence-electron chi connectivity index (χ3n) is 3.37. The highest BCUT2D eigenvalue weighted by Crippen LogP contribution is 2.22. The molecule has 0 aliphatic carbocycles. The Morgan fingerprint density at radius 3 is 2.75 bits per heavy atom. The molecule has 0 spiro atoms. The van der Waals surface area contributed by atoms with Gasteiger partial charge in [-0.3, -0.25) is 4.79 Å². The van der Waals surface area contributed by atoms with Gasteiger partial charge in [0.15, 0.2) is 0 Å². The van der Waals surface area contributed by atoms with Crippen LogP contribution in [0.15, 0.2) is 29.2 Å². The minimum atomic E-state index is -3.59. The van der Waals surface area contributed by atoms with E-state index < -0.39 is 10.0 Å². The fourth-order valence-corrected chi connectivity index (χ4v) is 3.11. The number of amides is 1. The highest BCUT2D eigenvalue weighted by Gasteiger charge is 2.23. The third kappa shape index (κ3) is 3.36. The summed E-state index contributed by atoms with van der Waals surface area (Å²) in [5, 5.41) is 5.89. The summed E-state index contributed by atoms with van der Waals surface area (Å²) in [7, 11) is -2.24.